The van der Waals surface area contributed by atoms with E-state index in [0.29, 0.717) is 43.1 Å². The number of hydrogen-bond donors (Lipinski definition) is 1. The van der Waals surface area contributed by atoms with Crippen LogP contribution in [0.3, 0.4) is 0 Å². The van der Waals surface area contributed by atoms with Gasteiger partial charge in [0.15, 0.2) is 0 Å². The average molecular weight is 650 g/mol. The Morgan fingerprint density at radius 1 is 1.00 bits per heavy atom. The molecule has 2 unspecified atom stereocenters. The van der Waals surface area contributed by atoms with Crippen molar-refractivity contribution >= 4 is 52.5 Å². The minimum atomic E-state index is -0.752. The monoisotopic (exact) mass is 649 g/mol. The normalized spacial score (nSPS) is 26.5. The molecule has 3 saturated heterocycles. The summed E-state index contributed by atoms with van der Waals surface area (Å²) in [6, 6.07) is 14.3. The van der Waals surface area contributed by atoms with Crippen LogP contribution in [0.15, 0.2) is 73.8 Å². The van der Waals surface area contributed by atoms with Crippen LogP contribution in [0.1, 0.15) is 51.0 Å². The fraction of sp³-hybridized carbons (Fsp3) is 0.472. The van der Waals surface area contributed by atoms with E-state index in [1.807, 2.05) is 49.4 Å². The van der Waals surface area contributed by atoms with Gasteiger partial charge >= 0.3 is 0 Å². The number of aryl methyl sites for hydroxylation is 1. The zero-order chi connectivity index (χ0) is 32.4. The first kappa shape index (κ1) is 33.3. The maximum absolute atomic E-state index is 15.0. The van der Waals surface area contributed by atoms with Gasteiger partial charge < -0.3 is 19.8 Å². The topological polar surface area (TPSA) is 81.2 Å². The summed E-state index contributed by atoms with van der Waals surface area (Å²) in [6.45, 7) is 13.0. The van der Waals surface area contributed by atoms with Crippen molar-refractivity contribution in [2.24, 2.45) is 11.8 Å². The summed E-state index contributed by atoms with van der Waals surface area (Å²) in [7, 11) is 0. The first-order valence-electron chi connectivity index (χ1n) is 15.9. The first-order valence-corrected chi connectivity index (χ1v) is 17.1. The number of aliphatic hydroxyl groups excluding tert-OH is 1. The quantitative estimate of drug-likeness (QED) is 0.189. The highest BCUT2D eigenvalue weighted by molar-refractivity contribution is 8.02. The van der Waals surface area contributed by atoms with Crippen LogP contribution in [0.4, 0.5) is 11.4 Å². The molecule has 2 aromatic rings. The van der Waals surface area contributed by atoms with Gasteiger partial charge in [0.25, 0.3) is 5.91 Å². The highest BCUT2D eigenvalue weighted by Crippen LogP contribution is 2.71. The molecule has 45 heavy (non-hydrogen) atoms. The van der Waals surface area contributed by atoms with Gasteiger partial charge in [-0.1, -0.05) is 66.9 Å². The third-order valence-corrected chi connectivity index (χ3v) is 12.1. The zero-order valence-corrected chi connectivity index (χ0v) is 27.9. The standard InChI is InChI=1S/C36H44ClN3O4S/c1-5-21-38(26-16-10-9-11-17-26)32(42)28-29-33(43)40(23-12-7-8-13-24-41)31(36(29)20-19-35(28,4)45-36)34(44)39(22-6-2)30-25(3)15-14-18-27(30)37/h5-6,9-11,14-18,28-29,31,41H,1-2,7-8,12-13,19-24H2,3-4H3/t28-,29-,31?,35+,36?/m0/s1. The Balaban J connectivity index is 1.58. The minimum absolute atomic E-state index is 0.100. The smallest absolute Gasteiger partial charge is 0.251 e. The van der Waals surface area contributed by atoms with Crippen LogP contribution in [0.5, 0.6) is 0 Å². The molecule has 3 amide bonds. The van der Waals surface area contributed by atoms with Crippen LogP contribution in [0.25, 0.3) is 0 Å². The van der Waals surface area contributed by atoms with Crippen molar-refractivity contribution in [2.45, 2.75) is 67.9 Å². The van der Waals surface area contributed by atoms with Crippen molar-refractivity contribution in [1.82, 2.24) is 4.90 Å². The number of carbonyl (C=O) groups excluding carboxylic acids is 3. The number of aliphatic hydroxyl groups is 1. The largest absolute Gasteiger partial charge is 0.396 e. The Kier molecular flexibility index (Phi) is 10.2. The molecular formula is C36H44ClN3O4S. The second-order valence-electron chi connectivity index (χ2n) is 12.6. The summed E-state index contributed by atoms with van der Waals surface area (Å²) in [5.41, 5.74) is 2.24. The molecule has 1 spiro atoms. The van der Waals surface area contributed by atoms with E-state index in [4.69, 9.17) is 11.6 Å². The Hall–Kier alpha value is -3.07. The molecule has 9 heteroatoms. The van der Waals surface area contributed by atoms with Crippen molar-refractivity contribution in [3.8, 4) is 0 Å². The van der Waals surface area contributed by atoms with E-state index in [-0.39, 0.29) is 30.9 Å². The van der Waals surface area contributed by atoms with Crippen molar-refractivity contribution < 1.29 is 19.5 Å². The van der Waals surface area contributed by atoms with Crippen LogP contribution >= 0.6 is 23.4 Å². The Labute approximate surface area is 276 Å². The minimum Gasteiger partial charge on any atom is -0.396 e. The van der Waals surface area contributed by atoms with Crippen LogP contribution in [-0.2, 0) is 14.4 Å². The Morgan fingerprint density at radius 2 is 1.69 bits per heavy atom. The van der Waals surface area contributed by atoms with Crippen molar-refractivity contribution in [1.29, 1.82) is 0 Å². The molecule has 3 fully saturated rings. The van der Waals surface area contributed by atoms with Crippen LogP contribution in [0, 0.1) is 18.8 Å². The number of carbonyl (C=O) groups is 3. The number of nitrogens with zero attached hydrogens (tertiary/aromatic N) is 3. The van der Waals surface area contributed by atoms with Crippen LogP contribution in [-0.4, -0.2) is 69.5 Å². The van der Waals surface area contributed by atoms with Gasteiger partial charge in [-0.2, -0.15) is 0 Å². The molecule has 5 atom stereocenters. The average Bonchev–Trinajstić information content (AvgIpc) is 3.59. The number of likely N-dealkylation sites (tertiary alicyclic amines) is 1. The lowest BCUT2D eigenvalue weighted by Gasteiger charge is -2.38. The number of fused-ring (bicyclic) bond motifs is 1. The molecule has 0 aliphatic carbocycles. The molecule has 0 radical (unpaired) electrons. The number of benzene rings is 2. The van der Waals surface area contributed by atoms with Gasteiger partial charge in [-0.25, -0.2) is 0 Å². The molecule has 3 heterocycles. The third kappa shape index (κ3) is 5.85. The molecule has 1 N–H and O–H groups in total. The van der Waals surface area contributed by atoms with Crippen molar-refractivity contribution in [2.75, 3.05) is 36.0 Å². The number of amides is 3. The molecule has 5 rings (SSSR count). The maximum atomic E-state index is 15.0. The van der Waals surface area contributed by atoms with E-state index in [1.54, 1.807) is 44.7 Å². The molecule has 3 aliphatic heterocycles. The van der Waals surface area contributed by atoms with Gasteiger partial charge in [0.2, 0.25) is 11.8 Å². The first-order chi connectivity index (χ1) is 21.6. The van der Waals surface area contributed by atoms with Gasteiger partial charge in [0, 0.05) is 36.7 Å². The Morgan fingerprint density at radius 3 is 2.36 bits per heavy atom. The highest BCUT2D eigenvalue weighted by atomic mass is 35.5. The number of anilines is 2. The SMILES string of the molecule is C=CCN(C(=O)[C@@H]1[C@H]2C(=O)N(CCCCCCO)C(C(=O)N(CC=C)c3c(C)cccc3Cl)C23CC[C@@]1(C)S3)c1ccccc1. The van der Waals surface area contributed by atoms with E-state index in [2.05, 4.69) is 20.1 Å². The van der Waals surface area contributed by atoms with E-state index >= 15 is 0 Å². The molecule has 2 aromatic carbocycles. The zero-order valence-electron chi connectivity index (χ0n) is 26.3. The van der Waals surface area contributed by atoms with Crippen LogP contribution in [0.2, 0.25) is 5.02 Å². The molecule has 7 nitrogen and oxygen atoms in total. The van der Waals surface area contributed by atoms with E-state index in [0.717, 1.165) is 30.5 Å². The second kappa shape index (κ2) is 13.7. The highest BCUT2D eigenvalue weighted by Gasteiger charge is 2.77. The van der Waals surface area contributed by atoms with Gasteiger partial charge in [-0.3, -0.25) is 14.4 Å². The van der Waals surface area contributed by atoms with E-state index in [1.165, 1.54) is 0 Å². The predicted octanol–water partition coefficient (Wildman–Crippen LogP) is 6.42. The number of hydrogen-bond acceptors (Lipinski definition) is 5. The number of thioether (sulfide) groups is 1. The van der Waals surface area contributed by atoms with Gasteiger partial charge in [0.05, 0.1) is 27.3 Å². The predicted molar refractivity (Wildman–Crippen MR) is 184 cm³/mol. The molecule has 240 valence electrons. The summed E-state index contributed by atoms with van der Waals surface area (Å²) in [6.07, 6.45) is 7.88. The summed E-state index contributed by atoms with van der Waals surface area (Å²) >= 11 is 8.39. The van der Waals surface area contributed by atoms with Crippen LogP contribution < -0.4 is 9.80 Å². The lowest BCUT2D eigenvalue weighted by molar-refractivity contribution is -0.139. The van der Waals surface area contributed by atoms with E-state index < -0.39 is 27.4 Å². The lowest BCUT2D eigenvalue weighted by atomic mass is 9.66. The lowest BCUT2D eigenvalue weighted by Crippen LogP contribution is -2.55. The maximum Gasteiger partial charge on any atom is 0.251 e. The van der Waals surface area contributed by atoms with Gasteiger partial charge in [-0.15, -0.1) is 24.9 Å². The van der Waals surface area contributed by atoms with Gasteiger partial charge in [0.1, 0.15) is 6.04 Å². The summed E-state index contributed by atoms with van der Waals surface area (Å²) < 4.78 is -1.25. The number of rotatable bonds is 14. The molecule has 0 saturated carbocycles. The summed E-state index contributed by atoms with van der Waals surface area (Å²) in [5, 5.41) is 9.73. The molecule has 3 aliphatic rings. The molecule has 2 bridgehead atoms. The summed E-state index contributed by atoms with van der Waals surface area (Å²) in [5.74, 6) is -1.63. The third-order valence-electron chi connectivity index (χ3n) is 9.77. The number of halogens is 1. The molecule has 0 aromatic heterocycles. The van der Waals surface area contributed by atoms with Gasteiger partial charge in [-0.05, 0) is 63.3 Å². The van der Waals surface area contributed by atoms with E-state index in [9.17, 15) is 19.5 Å². The number of para-hydroxylation sites is 2. The fourth-order valence-electron chi connectivity index (χ4n) is 7.83. The van der Waals surface area contributed by atoms with Crippen molar-refractivity contribution in [3.05, 3.63) is 84.4 Å². The Bertz CT molecular complexity index is 1430. The number of unbranched alkanes of at least 4 members (excludes halogenated alkanes) is 3. The van der Waals surface area contributed by atoms with Crippen molar-refractivity contribution in [3.63, 3.8) is 0 Å². The molecular weight excluding hydrogens is 606 g/mol. The second-order valence-corrected chi connectivity index (χ2v) is 14.9. The summed E-state index contributed by atoms with van der Waals surface area (Å²) in [4.78, 5) is 49.5. The fourth-order valence-corrected chi connectivity index (χ4v) is 10.5.